The van der Waals surface area contributed by atoms with E-state index < -0.39 is 0 Å². The van der Waals surface area contributed by atoms with Crippen molar-refractivity contribution in [3.05, 3.63) is 35.4 Å². The predicted octanol–water partition coefficient (Wildman–Crippen LogP) is 4.61. The van der Waals surface area contributed by atoms with Gasteiger partial charge in [-0.1, -0.05) is 58.9 Å². The number of hydrogen-bond donors (Lipinski definition) is 0. The fourth-order valence-corrected chi connectivity index (χ4v) is 3.83. The van der Waals surface area contributed by atoms with Gasteiger partial charge in [0.25, 0.3) is 0 Å². The van der Waals surface area contributed by atoms with Gasteiger partial charge in [0.1, 0.15) is 0 Å². The molecule has 0 radical (unpaired) electrons. The maximum absolute atomic E-state index is 2.71. The smallest absolute Gasteiger partial charge is 0.0354 e. The molecule has 2 nitrogen and oxygen atoms in total. The second-order valence-corrected chi connectivity index (χ2v) is 6.22. The van der Waals surface area contributed by atoms with Crippen LogP contribution in [0.1, 0.15) is 58.2 Å². The minimum absolute atomic E-state index is 0.675. The highest BCUT2D eigenvalue weighted by Gasteiger charge is 2.37. The van der Waals surface area contributed by atoms with Gasteiger partial charge in [0.05, 0.1) is 0 Å². The van der Waals surface area contributed by atoms with Crippen LogP contribution in [0.5, 0.6) is 0 Å². The molecule has 0 spiro atoms. The van der Waals surface area contributed by atoms with E-state index in [-0.39, 0.29) is 0 Å². The summed E-state index contributed by atoms with van der Waals surface area (Å²) in [6, 6.07) is 10.4. The van der Waals surface area contributed by atoms with E-state index in [1.165, 1.54) is 25.9 Å². The fraction of sp³-hybridized carbons (Fsp3) is 0.700. The molecule has 1 heterocycles. The lowest BCUT2D eigenvalue weighted by Gasteiger charge is -2.26. The zero-order valence-corrected chi connectivity index (χ0v) is 15.8. The molecule has 22 heavy (non-hydrogen) atoms. The van der Waals surface area contributed by atoms with Crippen molar-refractivity contribution in [2.45, 2.75) is 59.5 Å². The van der Waals surface area contributed by atoms with E-state index in [1.807, 2.05) is 27.7 Å². The van der Waals surface area contributed by atoms with E-state index in [1.54, 1.807) is 11.1 Å². The minimum Gasteiger partial charge on any atom is -0.305 e. The van der Waals surface area contributed by atoms with Crippen LogP contribution >= 0.6 is 0 Å². The summed E-state index contributed by atoms with van der Waals surface area (Å²) in [5.41, 5.74) is 3.16. The molecule has 0 saturated carbocycles. The quantitative estimate of drug-likeness (QED) is 0.787. The number of nitrogens with zero attached hydrogens (tertiary/aromatic N) is 2. The molecular weight excluding hydrogens is 268 g/mol. The SMILES string of the molecule is CC.CC.CC1CN(C2CCc3ccccc32)CC1N(C)C. The summed E-state index contributed by atoms with van der Waals surface area (Å²) in [4.78, 5) is 5.10. The van der Waals surface area contributed by atoms with Gasteiger partial charge in [-0.25, -0.2) is 0 Å². The van der Waals surface area contributed by atoms with Crippen molar-refractivity contribution in [3.63, 3.8) is 0 Å². The van der Waals surface area contributed by atoms with Gasteiger partial charge < -0.3 is 4.90 Å². The number of likely N-dealkylation sites (N-methyl/N-ethyl adjacent to an activating group) is 1. The maximum Gasteiger partial charge on any atom is 0.0354 e. The Bertz CT molecular complexity index is 427. The number of rotatable bonds is 2. The van der Waals surface area contributed by atoms with Gasteiger partial charge in [0.15, 0.2) is 0 Å². The molecule has 0 bridgehead atoms. The molecule has 0 aromatic heterocycles. The highest BCUT2D eigenvalue weighted by Crippen LogP contribution is 2.38. The monoisotopic (exact) mass is 304 g/mol. The molecule has 1 aromatic rings. The van der Waals surface area contributed by atoms with Crippen LogP contribution in [-0.2, 0) is 6.42 Å². The predicted molar refractivity (Wildman–Crippen MR) is 98.4 cm³/mol. The van der Waals surface area contributed by atoms with Crippen molar-refractivity contribution < 1.29 is 0 Å². The van der Waals surface area contributed by atoms with Gasteiger partial charge in [0.2, 0.25) is 0 Å². The van der Waals surface area contributed by atoms with Crippen molar-refractivity contribution >= 4 is 0 Å². The largest absolute Gasteiger partial charge is 0.305 e. The van der Waals surface area contributed by atoms with E-state index >= 15 is 0 Å². The van der Waals surface area contributed by atoms with Gasteiger partial charge in [-0.05, 0) is 44.0 Å². The highest BCUT2D eigenvalue weighted by molar-refractivity contribution is 5.34. The molecule has 126 valence electrons. The van der Waals surface area contributed by atoms with Gasteiger partial charge in [-0.15, -0.1) is 0 Å². The molecule has 3 unspecified atom stereocenters. The second-order valence-electron chi connectivity index (χ2n) is 6.22. The zero-order valence-electron chi connectivity index (χ0n) is 15.8. The van der Waals surface area contributed by atoms with Crippen LogP contribution in [0.2, 0.25) is 0 Å². The normalized spacial score (nSPS) is 26.8. The molecule has 0 N–H and O–H groups in total. The van der Waals surface area contributed by atoms with Crippen molar-refractivity contribution in [1.29, 1.82) is 0 Å². The third-order valence-electron chi connectivity index (χ3n) is 4.81. The molecule has 1 fully saturated rings. The van der Waals surface area contributed by atoms with Crippen LogP contribution in [0.25, 0.3) is 0 Å². The molecular formula is C20H36N2. The number of hydrogen-bond acceptors (Lipinski definition) is 2. The van der Waals surface area contributed by atoms with E-state index in [4.69, 9.17) is 0 Å². The Morgan fingerprint density at radius 1 is 1.00 bits per heavy atom. The number of benzene rings is 1. The first-order valence-electron chi connectivity index (χ1n) is 9.15. The van der Waals surface area contributed by atoms with E-state index in [9.17, 15) is 0 Å². The number of likely N-dealkylation sites (tertiary alicyclic amines) is 1. The van der Waals surface area contributed by atoms with E-state index in [2.05, 4.69) is 55.1 Å². The van der Waals surface area contributed by atoms with Crippen LogP contribution in [0.15, 0.2) is 24.3 Å². The standard InChI is InChI=1S/C16H24N2.2C2H6/c1-12-10-18(11-16(12)17(2)3)15-9-8-13-6-4-5-7-14(13)15;2*1-2/h4-7,12,15-16H,8-11H2,1-3H3;2*1-2H3. The van der Waals surface area contributed by atoms with Gasteiger partial charge in [-0.2, -0.15) is 0 Å². The first-order valence-corrected chi connectivity index (χ1v) is 9.15. The summed E-state index contributed by atoms with van der Waals surface area (Å²) >= 11 is 0. The number of aryl methyl sites for hydroxylation is 1. The Morgan fingerprint density at radius 3 is 2.23 bits per heavy atom. The van der Waals surface area contributed by atoms with Crippen LogP contribution in [0, 0.1) is 5.92 Å². The zero-order chi connectivity index (χ0) is 16.7. The van der Waals surface area contributed by atoms with Crippen LogP contribution in [-0.4, -0.2) is 43.0 Å². The minimum atomic E-state index is 0.675. The Labute approximate surface area is 138 Å². The maximum atomic E-state index is 2.71. The summed E-state index contributed by atoms with van der Waals surface area (Å²) in [5, 5.41) is 0. The molecule has 1 aromatic carbocycles. The topological polar surface area (TPSA) is 6.48 Å². The summed E-state index contributed by atoms with van der Waals surface area (Å²) in [5.74, 6) is 0.785. The van der Waals surface area contributed by atoms with Crippen molar-refractivity contribution in [2.75, 3.05) is 27.2 Å². The second kappa shape index (κ2) is 9.32. The molecule has 0 amide bonds. The third kappa shape index (κ3) is 4.11. The molecule has 3 atom stereocenters. The Morgan fingerprint density at radius 2 is 1.64 bits per heavy atom. The van der Waals surface area contributed by atoms with Crippen molar-refractivity contribution in [2.24, 2.45) is 5.92 Å². The van der Waals surface area contributed by atoms with Gasteiger partial charge in [0, 0.05) is 25.2 Å². The lowest BCUT2D eigenvalue weighted by atomic mass is 10.1. The first kappa shape index (κ1) is 19.2. The van der Waals surface area contributed by atoms with Gasteiger partial charge >= 0.3 is 0 Å². The Kier molecular flexibility index (Phi) is 8.13. The Hall–Kier alpha value is -0.860. The summed E-state index contributed by atoms with van der Waals surface area (Å²) < 4.78 is 0. The summed E-state index contributed by atoms with van der Waals surface area (Å²) in [6.45, 7) is 12.9. The fourth-order valence-electron chi connectivity index (χ4n) is 3.83. The third-order valence-corrected chi connectivity index (χ3v) is 4.81. The first-order chi connectivity index (χ1) is 10.7. The van der Waals surface area contributed by atoms with Crippen molar-refractivity contribution in [1.82, 2.24) is 9.80 Å². The lowest BCUT2D eigenvalue weighted by Crippen LogP contribution is -2.34. The molecule has 1 aliphatic heterocycles. The average Bonchev–Trinajstić information content (AvgIpc) is 3.14. The summed E-state index contributed by atoms with van der Waals surface area (Å²) in [7, 11) is 4.43. The van der Waals surface area contributed by atoms with E-state index in [0.29, 0.717) is 6.04 Å². The molecule has 2 aliphatic rings. The number of fused-ring (bicyclic) bond motifs is 1. The Balaban J connectivity index is 0.000000561. The summed E-state index contributed by atoms with van der Waals surface area (Å²) in [6.07, 6.45) is 2.57. The van der Waals surface area contributed by atoms with Gasteiger partial charge in [-0.3, -0.25) is 4.90 Å². The molecule has 2 heteroatoms. The molecule has 1 saturated heterocycles. The van der Waals surface area contributed by atoms with E-state index in [0.717, 1.165) is 12.0 Å². The van der Waals surface area contributed by atoms with Crippen molar-refractivity contribution in [3.8, 4) is 0 Å². The lowest BCUT2D eigenvalue weighted by molar-refractivity contribution is 0.215. The average molecular weight is 305 g/mol. The molecule has 3 rings (SSSR count). The molecule has 1 aliphatic carbocycles. The van der Waals surface area contributed by atoms with Crippen LogP contribution in [0.4, 0.5) is 0 Å². The van der Waals surface area contributed by atoms with Crippen LogP contribution in [0.3, 0.4) is 0 Å². The van der Waals surface area contributed by atoms with Crippen LogP contribution < -0.4 is 0 Å². The highest BCUT2D eigenvalue weighted by atomic mass is 15.3.